The van der Waals surface area contributed by atoms with Crippen molar-refractivity contribution in [3.8, 4) is 11.3 Å². The largest absolute Gasteiger partial charge is 0.370 e. The number of fused-ring (bicyclic) bond motifs is 3. The number of primary amides is 1. The minimum atomic E-state index is -1.12. The zero-order valence-corrected chi connectivity index (χ0v) is 14.3. The molecule has 0 saturated heterocycles. The molecule has 2 heterocycles. The van der Waals surface area contributed by atoms with Crippen LogP contribution in [-0.2, 0) is 4.79 Å². The van der Waals surface area contributed by atoms with Gasteiger partial charge in [0.05, 0.1) is 24.3 Å². The molecule has 0 radical (unpaired) electrons. The van der Waals surface area contributed by atoms with Crippen molar-refractivity contribution in [2.45, 2.75) is 56.7 Å². The van der Waals surface area contributed by atoms with Crippen molar-refractivity contribution >= 4 is 5.91 Å². The number of rotatable bonds is 5. The highest BCUT2D eigenvalue weighted by Crippen LogP contribution is 2.45. The number of imidazole rings is 1. The summed E-state index contributed by atoms with van der Waals surface area (Å²) in [6, 6.07) is 8.51. The summed E-state index contributed by atoms with van der Waals surface area (Å²) in [7, 11) is 0. The Morgan fingerprint density at radius 1 is 1.32 bits per heavy atom. The maximum absolute atomic E-state index is 15.3. The Kier molecular flexibility index (Phi) is 4.10. The summed E-state index contributed by atoms with van der Waals surface area (Å²) in [4.78, 5) is 15.3. The normalized spacial score (nSPS) is 27.7. The van der Waals surface area contributed by atoms with Gasteiger partial charge in [-0.25, -0.2) is 9.37 Å². The van der Waals surface area contributed by atoms with Crippen LogP contribution in [0.4, 0.5) is 4.39 Å². The van der Waals surface area contributed by atoms with Crippen LogP contribution >= 0.6 is 0 Å². The lowest BCUT2D eigenvalue weighted by Crippen LogP contribution is -2.31. The fraction of sp³-hybridized carbons (Fsp3) is 0.500. The minimum Gasteiger partial charge on any atom is -0.370 e. The van der Waals surface area contributed by atoms with Crippen LogP contribution in [0.15, 0.2) is 36.8 Å². The number of aromatic nitrogens is 2. The molecule has 1 aromatic carbocycles. The van der Waals surface area contributed by atoms with Crippen LogP contribution in [0.2, 0.25) is 0 Å². The lowest BCUT2D eigenvalue weighted by molar-refractivity contribution is -0.119. The Hall–Kier alpha value is -2.17. The molecule has 1 atom stereocenters. The molecule has 25 heavy (non-hydrogen) atoms. The highest BCUT2D eigenvalue weighted by atomic mass is 19.1. The van der Waals surface area contributed by atoms with Gasteiger partial charge in [0.2, 0.25) is 5.91 Å². The van der Waals surface area contributed by atoms with E-state index < -0.39 is 5.67 Å². The van der Waals surface area contributed by atoms with Crippen LogP contribution in [0.1, 0.15) is 56.6 Å². The molecule has 4 rings (SSSR count). The number of nitrogens with zero attached hydrogens (tertiary/aromatic N) is 2. The van der Waals surface area contributed by atoms with Gasteiger partial charge in [-0.3, -0.25) is 4.79 Å². The SMILES string of the molecule is NC(=O)CC1CCC(F)(CC[C@H]2c3ccccc3-c3cncn32)CC1. The van der Waals surface area contributed by atoms with Gasteiger partial charge in [-0.05, 0) is 50.0 Å². The summed E-state index contributed by atoms with van der Waals surface area (Å²) < 4.78 is 17.4. The average Bonchev–Trinajstić information content (AvgIpc) is 3.16. The van der Waals surface area contributed by atoms with E-state index in [1.165, 1.54) is 11.1 Å². The van der Waals surface area contributed by atoms with E-state index in [4.69, 9.17) is 5.73 Å². The van der Waals surface area contributed by atoms with Crippen LogP contribution in [-0.4, -0.2) is 21.1 Å². The first-order valence-electron chi connectivity index (χ1n) is 9.14. The number of hydrogen-bond acceptors (Lipinski definition) is 2. The van der Waals surface area contributed by atoms with Crippen LogP contribution in [0, 0.1) is 5.92 Å². The molecule has 4 nitrogen and oxygen atoms in total. The van der Waals surface area contributed by atoms with Crippen molar-refractivity contribution in [2.75, 3.05) is 0 Å². The predicted molar refractivity (Wildman–Crippen MR) is 94.6 cm³/mol. The van der Waals surface area contributed by atoms with Crippen molar-refractivity contribution in [2.24, 2.45) is 11.7 Å². The van der Waals surface area contributed by atoms with E-state index in [1.54, 1.807) is 0 Å². The second-order valence-electron chi connectivity index (χ2n) is 7.59. The zero-order chi connectivity index (χ0) is 17.4. The summed E-state index contributed by atoms with van der Waals surface area (Å²) in [6.45, 7) is 0. The van der Waals surface area contributed by atoms with Crippen molar-refractivity contribution in [3.63, 3.8) is 0 Å². The number of carbonyl (C=O) groups excluding carboxylic acids is 1. The van der Waals surface area contributed by atoms with Gasteiger partial charge in [0.15, 0.2) is 0 Å². The summed E-state index contributed by atoms with van der Waals surface area (Å²) in [5, 5.41) is 0. The highest BCUT2D eigenvalue weighted by Gasteiger charge is 2.37. The maximum Gasteiger partial charge on any atom is 0.217 e. The molecule has 1 fully saturated rings. The van der Waals surface area contributed by atoms with Gasteiger partial charge >= 0.3 is 0 Å². The number of hydrogen-bond donors (Lipinski definition) is 1. The molecule has 0 spiro atoms. The molecule has 1 aliphatic heterocycles. The second kappa shape index (κ2) is 6.28. The Labute approximate surface area is 147 Å². The van der Waals surface area contributed by atoms with Gasteiger partial charge in [-0.15, -0.1) is 0 Å². The van der Waals surface area contributed by atoms with Crippen LogP contribution in [0.25, 0.3) is 11.3 Å². The fourth-order valence-electron chi connectivity index (χ4n) is 4.56. The molecule has 1 aromatic heterocycles. The first-order chi connectivity index (χ1) is 12.1. The second-order valence-corrected chi connectivity index (χ2v) is 7.59. The molecule has 1 amide bonds. The average molecular weight is 341 g/mol. The predicted octanol–water partition coefficient (Wildman–Crippen LogP) is 4.01. The maximum atomic E-state index is 15.3. The molecule has 2 N–H and O–H groups in total. The van der Waals surface area contributed by atoms with Crippen LogP contribution in [0.5, 0.6) is 0 Å². The molecule has 0 unspecified atom stereocenters. The summed E-state index contributed by atoms with van der Waals surface area (Å²) in [6.07, 6.45) is 8.06. The van der Waals surface area contributed by atoms with Gasteiger partial charge in [0.1, 0.15) is 5.67 Å². The number of alkyl halides is 1. The summed E-state index contributed by atoms with van der Waals surface area (Å²) in [5.41, 5.74) is 7.76. The molecule has 2 aliphatic rings. The van der Waals surface area contributed by atoms with Gasteiger partial charge in [-0.1, -0.05) is 24.3 Å². The Balaban J connectivity index is 1.43. The first kappa shape index (κ1) is 16.3. The summed E-state index contributed by atoms with van der Waals surface area (Å²) >= 11 is 0. The number of nitrogens with two attached hydrogens (primary N) is 1. The van der Waals surface area contributed by atoms with E-state index in [9.17, 15) is 4.79 Å². The third-order valence-corrected chi connectivity index (χ3v) is 5.95. The van der Waals surface area contributed by atoms with E-state index >= 15 is 4.39 Å². The minimum absolute atomic E-state index is 0.171. The number of carbonyl (C=O) groups is 1. The Morgan fingerprint density at radius 3 is 2.84 bits per heavy atom. The molecule has 1 aliphatic carbocycles. The molecule has 2 aromatic rings. The molecule has 132 valence electrons. The lowest BCUT2D eigenvalue weighted by Gasteiger charge is -2.34. The monoisotopic (exact) mass is 341 g/mol. The smallest absolute Gasteiger partial charge is 0.217 e. The molecule has 5 heteroatoms. The van der Waals surface area contributed by atoms with Crippen LogP contribution in [0.3, 0.4) is 0 Å². The van der Waals surface area contributed by atoms with Gasteiger partial charge < -0.3 is 10.3 Å². The molecule has 1 saturated carbocycles. The third kappa shape index (κ3) is 3.08. The Bertz CT molecular complexity index is 777. The Morgan fingerprint density at radius 2 is 2.08 bits per heavy atom. The third-order valence-electron chi connectivity index (χ3n) is 5.95. The zero-order valence-electron chi connectivity index (χ0n) is 14.3. The van der Waals surface area contributed by atoms with Crippen molar-refractivity contribution in [3.05, 3.63) is 42.4 Å². The fourth-order valence-corrected chi connectivity index (χ4v) is 4.56. The van der Waals surface area contributed by atoms with Crippen molar-refractivity contribution in [1.82, 2.24) is 9.55 Å². The van der Waals surface area contributed by atoms with Gasteiger partial charge in [-0.2, -0.15) is 0 Å². The van der Waals surface area contributed by atoms with Crippen LogP contribution < -0.4 is 5.73 Å². The lowest BCUT2D eigenvalue weighted by atomic mass is 9.76. The van der Waals surface area contributed by atoms with Gasteiger partial charge in [0, 0.05) is 12.0 Å². The van der Waals surface area contributed by atoms with Gasteiger partial charge in [0.25, 0.3) is 0 Å². The molecular weight excluding hydrogens is 317 g/mol. The summed E-state index contributed by atoms with van der Waals surface area (Å²) in [5.74, 6) is -0.0135. The molecular formula is C20H24FN3O. The van der Waals surface area contributed by atoms with E-state index in [-0.39, 0.29) is 17.9 Å². The first-order valence-corrected chi connectivity index (χ1v) is 9.14. The van der Waals surface area contributed by atoms with Crippen molar-refractivity contribution in [1.29, 1.82) is 0 Å². The number of benzene rings is 1. The van der Waals surface area contributed by atoms with E-state index in [0.29, 0.717) is 25.7 Å². The van der Waals surface area contributed by atoms with E-state index in [2.05, 4.69) is 21.7 Å². The standard InChI is InChI=1S/C20H24FN3O/c21-20(8-5-14(6-9-20)11-19(22)25)10-7-17-15-3-1-2-4-16(15)18-12-23-13-24(17)18/h1-4,12-14,17H,5-11H2,(H2,22,25)/t14?,17-,20?/m0/s1. The van der Waals surface area contributed by atoms with E-state index in [0.717, 1.165) is 25.0 Å². The number of halogens is 1. The van der Waals surface area contributed by atoms with E-state index in [1.807, 2.05) is 24.7 Å². The molecule has 0 bridgehead atoms. The topological polar surface area (TPSA) is 60.9 Å². The highest BCUT2D eigenvalue weighted by molar-refractivity contribution is 5.74. The number of amides is 1. The quantitative estimate of drug-likeness (QED) is 0.893. The van der Waals surface area contributed by atoms with Crippen molar-refractivity contribution < 1.29 is 9.18 Å².